The Labute approximate surface area is 108 Å². The predicted molar refractivity (Wildman–Crippen MR) is 72.7 cm³/mol. The molecular formula is C13H23NO2S. The van der Waals surface area contributed by atoms with Crippen LogP contribution in [-0.4, -0.2) is 31.6 Å². The molecule has 0 fully saturated rings. The molecule has 1 rings (SSSR count). The van der Waals surface area contributed by atoms with Crippen molar-refractivity contribution in [3.05, 3.63) is 18.1 Å². The van der Waals surface area contributed by atoms with Gasteiger partial charge in [-0.05, 0) is 32.9 Å². The van der Waals surface area contributed by atoms with Gasteiger partial charge in [0.1, 0.15) is 5.76 Å². The lowest BCUT2D eigenvalue weighted by Crippen LogP contribution is -2.24. The van der Waals surface area contributed by atoms with Crippen molar-refractivity contribution in [3.63, 3.8) is 0 Å². The second-order valence-corrected chi connectivity index (χ2v) is 5.50. The topological polar surface area (TPSA) is 34.4 Å². The monoisotopic (exact) mass is 257 g/mol. The summed E-state index contributed by atoms with van der Waals surface area (Å²) in [6.45, 7) is 9.96. The maximum Gasteiger partial charge on any atom is 0.114 e. The van der Waals surface area contributed by atoms with Crippen LogP contribution in [0.5, 0.6) is 0 Å². The molecule has 1 N–H and O–H groups in total. The summed E-state index contributed by atoms with van der Waals surface area (Å²) < 4.78 is 10.6. The first-order valence-electron chi connectivity index (χ1n) is 6.23. The highest BCUT2D eigenvalue weighted by Crippen LogP contribution is 2.26. The average molecular weight is 257 g/mol. The SMILES string of the molecule is CCOCCCNCC(C)Sc1ccoc1C. The Morgan fingerprint density at radius 1 is 1.53 bits per heavy atom. The first kappa shape index (κ1) is 14.6. The van der Waals surface area contributed by atoms with Crippen molar-refractivity contribution in [2.45, 2.75) is 37.3 Å². The van der Waals surface area contributed by atoms with Gasteiger partial charge in [-0.2, -0.15) is 0 Å². The first-order chi connectivity index (χ1) is 8.24. The molecule has 98 valence electrons. The van der Waals surface area contributed by atoms with Crippen molar-refractivity contribution in [2.24, 2.45) is 0 Å². The smallest absolute Gasteiger partial charge is 0.114 e. The number of hydrogen-bond donors (Lipinski definition) is 1. The summed E-state index contributed by atoms with van der Waals surface area (Å²) >= 11 is 1.86. The van der Waals surface area contributed by atoms with Crippen molar-refractivity contribution in [2.75, 3.05) is 26.3 Å². The van der Waals surface area contributed by atoms with Gasteiger partial charge in [0.05, 0.1) is 6.26 Å². The van der Waals surface area contributed by atoms with Crippen LogP contribution in [0.1, 0.15) is 26.0 Å². The molecule has 0 radical (unpaired) electrons. The maximum absolute atomic E-state index is 5.28. The van der Waals surface area contributed by atoms with Gasteiger partial charge in [-0.3, -0.25) is 0 Å². The van der Waals surface area contributed by atoms with E-state index in [-0.39, 0.29) is 0 Å². The van der Waals surface area contributed by atoms with Crippen LogP contribution in [0.4, 0.5) is 0 Å². The zero-order chi connectivity index (χ0) is 12.5. The number of rotatable bonds is 9. The Bertz CT molecular complexity index is 301. The van der Waals surface area contributed by atoms with Crippen molar-refractivity contribution >= 4 is 11.8 Å². The van der Waals surface area contributed by atoms with Crippen molar-refractivity contribution < 1.29 is 9.15 Å². The van der Waals surface area contributed by atoms with Gasteiger partial charge >= 0.3 is 0 Å². The molecule has 4 heteroatoms. The van der Waals surface area contributed by atoms with E-state index in [0.717, 1.165) is 38.5 Å². The summed E-state index contributed by atoms with van der Waals surface area (Å²) in [5.41, 5.74) is 0. The minimum atomic E-state index is 0.554. The Balaban J connectivity index is 2.05. The first-order valence-corrected chi connectivity index (χ1v) is 7.11. The third-order valence-corrected chi connectivity index (χ3v) is 3.66. The highest BCUT2D eigenvalue weighted by molar-refractivity contribution is 8.00. The predicted octanol–water partition coefficient (Wildman–Crippen LogP) is 3.08. The van der Waals surface area contributed by atoms with Crippen molar-refractivity contribution in [1.82, 2.24) is 5.32 Å². The van der Waals surface area contributed by atoms with E-state index in [2.05, 4.69) is 12.2 Å². The number of ether oxygens (including phenoxy) is 1. The van der Waals surface area contributed by atoms with E-state index in [1.165, 1.54) is 4.90 Å². The van der Waals surface area contributed by atoms with Crippen LogP contribution >= 0.6 is 11.8 Å². The summed E-state index contributed by atoms with van der Waals surface area (Å²) in [6, 6.07) is 2.03. The lowest BCUT2D eigenvalue weighted by molar-refractivity contribution is 0.145. The molecule has 17 heavy (non-hydrogen) atoms. The molecule has 1 heterocycles. The summed E-state index contributed by atoms with van der Waals surface area (Å²) in [6.07, 6.45) is 2.83. The van der Waals surface area contributed by atoms with Gasteiger partial charge in [-0.15, -0.1) is 11.8 Å². The quantitative estimate of drug-likeness (QED) is 0.544. The molecule has 0 saturated heterocycles. The fraction of sp³-hybridized carbons (Fsp3) is 0.692. The van der Waals surface area contributed by atoms with Crippen molar-refractivity contribution in [1.29, 1.82) is 0 Å². The zero-order valence-corrected chi connectivity index (χ0v) is 11.8. The molecule has 0 saturated carbocycles. The van der Waals surface area contributed by atoms with E-state index in [4.69, 9.17) is 9.15 Å². The Kier molecular flexibility index (Phi) is 7.40. The highest BCUT2D eigenvalue weighted by atomic mass is 32.2. The molecular weight excluding hydrogens is 234 g/mol. The molecule has 0 bridgehead atoms. The van der Waals surface area contributed by atoms with E-state index in [0.29, 0.717) is 5.25 Å². The van der Waals surface area contributed by atoms with Gasteiger partial charge in [0.15, 0.2) is 0 Å². The van der Waals surface area contributed by atoms with E-state index in [1.807, 2.05) is 31.7 Å². The third-order valence-electron chi connectivity index (χ3n) is 2.42. The second kappa shape index (κ2) is 8.61. The molecule has 1 unspecified atom stereocenters. The van der Waals surface area contributed by atoms with Gasteiger partial charge < -0.3 is 14.5 Å². The maximum atomic E-state index is 5.28. The molecule has 1 aromatic heterocycles. The van der Waals surface area contributed by atoms with Gasteiger partial charge in [-0.1, -0.05) is 6.92 Å². The normalized spacial score (nSPS) is 12.9. The summed E-state index contributed by atoms with van der Waals surface area (Å²) in [5, 5.41) is 4.00. The van der Waals surface area contributed by atoms with E-state index < -0.39 is 0 Å². The second-order valence-electron chi connectivity index (χ2n) is 4.02. The Morgan fingerprint density at radius 2 is 2.35 bits per heavy atom. The molecule has 1 atom stereocenters. The lowest BCUT2D eigenvalue weighted by atomic mass is 10.4. The highest BCUT2D eigenvalue weighted by Gasteiger charge is 2.07. The molecule has 0 amide bonds. The summed E-state index contributed by atoms with van der Waals surface area (Å²) in [4.78, 5) is 1.24. The summed E-state index contributed by atoms with van der Waals surface area (Å²) in [5.74, 6) is 1.01. The van der Waals surface area contributed by atoms with Gasteiger partial charge in [0.2, 0.25) is 0 Å². The zero-order valence-electron chi connectivity index (χ0n) is 11.0. The number of furan rings is 1. The Morgan fingerprint density at radius 3 is 3.00 bits per heavy atom. The number of hydrogen-bond acceptors (Lipinski definition) is 4. The molecule has 0 aromatic carbocycles. The van der Waals surface area contributed by atoms with Crippen LogP contribution in [0, 0.1) is 6.92 Å². The molecule has 3 nitrogen and oxygen atoms in total. The van der Waals surface area contributed by atoms with Crippen LogP contribution < -0.4 is 5.32 Å². The minimum Gasteiger partial charge on any atom is -0.468 e. The average Bonchev–Trinajstić information content (AvgIpc) is 2.69. The molecule has 1 aromatic rings. The third kappa shape index (κ3) is 6.15. The molecule has 0 aliphatic rings. The standard InChI is InChI=1S/C13H23NO2S/c1-4-15-8-5-7-14-10-11(2)17-13-6-9-16-12(13)3/h6,9,11,14H,4-5,7-8,10H2,1-3H3. The van der Waals surface area contributed by atoms with E-state index in [9.17, 15) is 0 Å². The summed E-state index contributed by atoms with van der Waals surface area (Å²) in [7, 11) is 0. The fourth-order valence-corrected chi connectivity index (χ4v) is 2.49. The van der Waals surface area contributed by atoms with Crippen LogP contribution in [-0.2, 0) is 4.74 Å². The van der Waals surface area contributed by atoms with Gasteiger partial charge in [0.25, 0.3) is 0 Å². The molecule has 0 spiro atoms. The number of nitrogens with one attached hydrogen (secondary N) is 1. The number of thioether (sulfide) groups is 1. The van der Waals surface area contributed by atoms with E-state index in [1.54, 1.807) is 6.26 Å². The van der Waals surface area contributed by atoms with E-state index >= 15 is 0 Å². The van der Waals surface area contributed by atoms with Crippen LogP contribution in [0.25, 0.3) is 0 Å². The molecule has 0 aliphatic heterocycles. The Hall–Kier alpha value is -0.450. The minimum absolute atomic E-state index is 0.554. The molecule has 0 aliphatic carbocycles. The van der Waals surface area contributed by atoms with Crippen LogP contribution in [0.15, 0.2) is 21.6 Å². The van der Waals surface area contributed by atoms with Gasteiger partial charge in [-0.25, -0.2) is 0 Å². The van der Waals surface area contributed by atoms with Crippen LogP contribution in [0.3, 0.4) is 0 Å². The van der Waals surface area contributed by atoms with Gasteiger partial charge in [0, 0.05) is 29.9 Å². The number of aryl methyl sites for hydroxylation is 1. The van der Waals surface area contributed by atoms with Crippen LogP contribution in [0.2, 0.25) is 0 Å². The largest absolute Gasteiger partial charge is 0.468 e. The van der Waals surface area contributed by atoms with Crippen molar-refractivity contribution in [3.8, 4) is 0 Å². The lowest BCUT2D eigenvalue weighted by Gasteiger charge is -2.11. The fourth-order valence-electron chi connectivity index (χ4n) is 1.50.